The molecule has 1 rings (SSSR count). The van der Waals surface area contributed by atoms with Crippen LogP contribution in [0, 0.1) is 5.92 Å². The molecule has 0 unspecified atom stereocenters. The number of nitrogens with one attached hydrogen (secondary N) is 3. The lowest BCUT2D eigenvalue weighted by molar-refractivity contribution is -0.132. The number of carbonyl (C=O) groups is 2. The summed E-state index contributed by atoms with van der Waals surface area (Å²) >= 11 is 0. The van der Waals surface area contributed by atoms with Crippen LogP contribution >= 0.6 is 0 Å². The van der Waals surface area contributed by atoms with Crippen LogP contribution in [0.1, 0.15) is 20.3 Å². The first-order valence-corrected chi connectivity index (χ1v) is 5.10. The maximum atomic E-state index is 11.5. The van der Waals surface area contributed by atoms with E-state index >= 15 is 0 Å². The van der Waals surface area contributed by atoms with E-state index in [9.17, 15) is 9.59 Å². The Morgan fingerprint density at radius 1 is 1.40 bits per heavy atom. The van der Waals surface area contributed by atoms with Gasteiger partial charge in [-0.1, -0.05) is 6.92 Å². The lowest BCUT2D eigenvalue weighted by Gasteiger charge is -2.14. The van der Waals surface area contributed by atoms with Gasteiger partial charge in [0.05, 0.1) is 0 Å². The molecule has 0 aromatic rings. The fourth-order valence-corrected chi connectivity index (χ4v) is 1.42. The predicted molar refractivity (Wildman–Crippen MR) is 53.9 cm³/mol. The van der Waals surface area contributed by atoms with Crippen molar-refractivity contribution < 1.29 is 14.3 Å². The Balaban J connectivity index is 2.26. The number of hydrazine groups is 1. The molecule has 0 aliphatic carbocycles. The lowest BCUT2D eigenvalue weighted by Crippen LogP contribution is -2.50. The van der Waals surface area contributed by atoms with E-state index in [1.165, 1.54) is 0 Å². The van der Waals surface area contributed by atoms with E-state index in [4.69, 9.17) is 4.74 Å². The minimum Gasteiger partial charge on any atom is -0.368 e. The molecule has 3 amide bonds. The molecular weight excluding hydrogens is 198 g/mol. The van der Waals surface area contributed by atoms with E-state index < -0.39 is 12.1 Å². The Hall–Kier alpha value is -1.30. The lowest BCUT2D eigenvalue weighted by atomic mass is 10.0. The largest absolute Gasteiger partial charge is 0.368 e. The van der Waals surface area contributed by atoms with Gasteiger partial charge < -0.3 is 10.1 Å². The fourth-order valence-electron chi connectivity index (χ4n) is 1.42. The van der Waals surface area contributed by atoms with Crippen molar-refractivity contribution in [2.45, 2.75) is 26.4 Å². The molecule has 0 aromatic carbocycles. The summed E-state index contributed by atoms with van der Waals surface area (Å²) in [5.41, 5.74) is 4.56. The number of hydrogen-bond acceptors (Lipinski definition) is 3. The molecule has 0 saturated carbocycles. The maximum Gasteiger partial charge on any atom is 0.333 e. The summed E-state index contributed by atoms with van der Waals surface area (Å²) in [7, 11) is 0. The van der Waals surface area contributed by atoms with E-state index in [-0.39, 0.29) is 11.8 Å². The van der Waals surface area contributed by atoms with Crippen molar-refractivity contribution in [2.75, 3.05) is 13.2 Å². The zero-order chi connectivity index (χ0) is 11.3. The highest BCUT2D eigenvalue weighted by atomic mass is 16.5. The first-order chi connectivity index (χ1) is 7.15. The smallest absolute Gasteiger partial charge is 0.333 e. The molecule has 1 aliphatic rings. The van der Waals surface area contributed by atoms with Gasteiger partial charge in [-0.2, -0.15) is 0 Å². The van der Waals surface area contributed by atoms with Crippen LogP contribution in [0.25, 0.3) is 0 Å². The minimum atomic E-state index is -0.452. The Bertz CT molecular complexity index is 245. The van der Waals surface area contributed by atoms with E-state index in [1.54, 1.807) is 6.92 Å². The molecule has 6 heteroatoms. The summed E-state index contributed by atoms with van der Waals surface area (Å²) in [5.74, 6) is -0.104. The second-order valence-corrected chi connectivity index (χ2v) is 3.53. The third kappa shape index (κ3) is 3.39. The van der Waals surface area contributed by atoms with Gasteiger partial charge in [0.25, 0.3) is 5.91 Å². The molecule has 3 N–H and O–H groups in total. The highest BCUT2D eigenvalue weighted by molar-refractivity contribution is 5.84. The van der Waals surface area contributed by atoms with Crippen LogP contribution in [0.5, 0.6) is 0 Å². The summed E-state index contributed by atoms with van der Waals surface area (Å²) in [5, 5.41) is 2.50. The van der Waals surface area contributed by atoms with E-state index in [2.05, 4.69) is 16.2 Å². The quantitative estimate of drug-likeness (QED) is 0.556. The van der Waals surface area contributed by atoms with Crippen molar-refractivity contribution in [3.63, 3.8) is 0 Å². The van der Waals surface area contributed by atoms with E-state index in [0.717, 1.165) is 6.42 Å². The summed E-state index contributed by atoms with van der Waals surface area (Å²) in [6.45, 7) is 4.85. The number of amides is 3. The molecule has 1 fully saturated rings. The van der Waals surface area contributed by atoms with Gasteiger partial charge in [-0.15, -0.1) is 0 Å². The zero-order valence-corrected chi connectivity index (χ0v) is 9.00. The Kier molecular flexibility index (Phi) is 4.36. The fraction of sp³-hybridized carbons (Fsp3) is 0.778. The molecule has 0 spiro atoms. The van der Waals surface area contributed by atoms with Gasteiger partial charge in [0.2, 0.25) is 0 Å². The van der Waals surface area contributed by atoms with Crippen LogP contribution in [0.2, 0.25) is 0 Å². The monoisotopic (exact) mass is 215 g/mol. The topological polar surface area (TPSA) is 79.5 Å². The average molecular weight is 215 g/mol. The van der Waals surface area contributed by atoms with Gasteiger partial charge in [0, 0.05) is 13.2 Å². The molecule has 0 bridgehead atoms. The third-order valence-electron chi connectivity index (χ3n) is 2.28. The molecule has 6 nitrogen and oxygen atoms in total. The first-order valence-electron chi connectivity index (χ1n) is 5.10. The number of urea groups is 1. The van der Waals surface area contributed by atoms with Crippen LogP contribution in [0.3, 0.4) is 0 Å². The summed E-state index contributed by atoms with van der Waals surface area (Å²) in [4.78, 5) is 22.5. The summed E-state index contributed by atoms with van der Waals surface area (Å²) in [6, 6.07) is -0.420. The van der Waals surface area contributed by atoms with Crippen LogP contribution in [0.4, 0.5) is 4.79 Å². The van der Waals surface area contributed by atoms with Gasteiger partial charge >= 0.3 is 6.03 Å². The average Bonchev–Trinajstić information content (AvgIpc) is 2.61. The van der Waals surface area contributed by atoms with Crippen molar-refractivity contribution in [3.05, 3.63) is 0 Å². The Labute approximate surface area is 88.7 Å². The standard InChI is InChI=1S/C9H17N3O3/c1-3-10-9(14)12-11-8(13)7-6(2)4-5-15-7/h6-7H,3-5H2,1-2H3,(H,11,13)(H2,10,12,14)/t6-,7+/m0/s1. The molecule has 2 atom stereocenters. The number of hydrogen-bond donors (Lipinski definition) is 3. The number of carbonyl (C=O) groups excluding carboxylic acids is 2. The number of rotatable bonds is 2. The van der Waals surface area contributed by atoms with Crippen molar-refractivity contribution in [1.82, 2.24) is 16.2 Å². The minimum absolute atomic E-state index is 0.195. The summed E-state index contributed by atoms with van der Waals surface area (Å²) < 4.78 is 5.24. The molecule has 1 heterocycles. The summed E-state index contributed by atoms with van der Waals surface area (Å²) in [6.07, 6.45) is 0.422. The predicted octanol–water partition coefficient (Wildman–Crippen LogP) is -0.238. The van der Waals surface area contributed by atoms with Gasteiger partial charge in [0.1, 0.15) is 6.10 Å². The van der Waals surface area contributed by atoms with E-state index in [0.29, 0.717) is 13.2 Å². The third-order valence-corrected chi connectivity index (χ3v) is 2.28. The maximum absolute atomic E-state index is 11.5. The van der Waals surface area contributed by atoms with Gasteiger partial charge in [-0.25, -0.2) is 10.2 Å². The first kappa shape index (κ1) is 11.8. The molecule has 0 radical (unpaired) electrons. The number of ether oxygens (including phenoxy) is 1. The van der Waals surface area contributed by atoms with Gasteiger partial charge in [0.15, 0.2) is 0 Å². The van der Waals surface area contributed by atoms with Crippen molar-refractivity contribution in [1.29, 1.82) is 0 Å². The Morgan fingerprint density at radius 3 is 2.67 bits per heavy atom. The van der Waals surface area contributed by atoms with Crippen LogP contribution in [-0.2, 0) is 9.53 Å². The molecule has 1 aliphatic heterocycles. The van der Waals surface area contributed by atoms with Crippen LogP contribution in [0.15, 0.2) is 0 Å². The van der Waals surface area contributed by atoms with Crippen LogP contribution < -0.4 is 16.2 Å². The van der Waals surface area contributed by atoms with Crippen molar-refractivity contribution >= 4 is 11.9 Å². The second-order valence-electron chi connectivity index (χ2n) is 3.53. The Morgan fingerprint density at radius 2 is 2.13 bits per heavy atom. The molecule has 86 valence electrons. The molecule has 0 aromatic heterocycles. The molecular formula is C9H17N3O3. The normalized spacial score (nSPS) is 24.7. The van der Waals surface area contributed by atoms with Crippen LogP contribution in [-0.4, -0.2) is 31.2 Å². The van der Waals surface area contributed by atoms with Gasteiger partial charge in [-0.3, -0.25) is 10.2 Å². The highest BCUT2D eigenvalue weighted by Gasteiger charge is 2.30. The van der Waals surface area contributed by atoms with Crippen molar-refractivity contribution in [3.8, 4) is 0 Å². The SMILES string of the molecule is CCNC(=O)NNC(=O)[C@@H]1OCC[C@@H]1C. The highest BCUT2D eigenvalue weighted by Crippen LogP contribution is 2.19. The molecule has 15 heavy (non-hydrogen) atoms. The second kappa shape index (κ2) is 5.55. The van der Waals surface area contributed by atoms with E-state index in [1.807, 2.05) is 6.92 Å². The van der Waals surface area contributed by atoms with Crippen molar-refractivity contribution in [2.24, 2.45) is 5.92 Å². The molecule has 1 saturated heterocycles. The van der Waals surface area contributed by atoms with Gasteiger partial charge in [-0.05, 0) is 19.3 Å². The zero-order valence-electron chi connectivity index (χ0n) is 9.00.